The minimum Gasteiger partial charge on any atom is -0.469 e. The van der Waals surface area contributed by atoms with E-state index in [2.05, 4.69) is 15.2 Å². The van der Waals surface area contributed by atoms with Crippen LogP contribution >= 0.6 is 0 Å². The number of carbonyl (C=O) groups is 2. The Hall–Kier alpha value is -2.70. The van der Waals surface area contributed by atoms with Crippen molar-refractivity contribution in [3.8, 4) is 5.69 Å². The third kappa shape index (κ3) is 3.61. The number of hydrogen-bond donors (Lipinski definition) is 1. The van der Waals surface area contributed by atoms with Gasteiger partial charge in [0.25, 0.3) is 5.91 Å². The normalized spacial score (nSPS) is 13.2. The zero-order valence-electron chi connectivity index (χ0n) is 14.0. The number of nitrogens with zero attached hydrogens (tertiary/aromatic N) is 2. The molecule has 0 saturated heterocycles. The number of rotatable bonds is 5. The molecule has 1 N–H and O–H groups in total. The smallest absolute Gasteiger partial charge is 0.310 e. The summed E-state index contributed by atoms with van der Waals surface area (Å²) in [5, 5.41) is 6.89. The van der Waals surface area contributed by atoms with E-state index in [1.807, 2.05) is 0 Å². The van der Waals surface area contributed by atoms with E-state index in [-0.39, 0.29) is 11.4 Å². The lowest BCUT2D eigenvalue weighted by Crippen LogP contribution is -2.40. The molecule has 0 aliphatic rings. The van der Waals surface area contributed by atoms with Gasteiger partial charge in [-0.3, -0.25) is 9.59 Å². The first kappa shape index (κ1) is 17.7. The summed E-state index contributed by atoms with van der Waals surface area (Å²) in [5.41, 5.74) is 1.05. The van der Waals surface area contributed by atoms with Gasteiger partial charge in [0.05, 0.1) is 13.0 Å². The number of hydrogen-bond acceptors (Lipinski definition) is 4. The molecule has 0 aliphatic carbocycles. The molecule has 24 heavy (non-hydrogen) atoms. The van der Waals surface area contributed by atoms with Crippen LogP contribution in [0.5, 0.6) is 0 Å². The minimum absolute atomic E-state index is 0.183. The molecule has 2 unspecified atom stereocenters. The lowest BCUT2D eigenvalue weighted by Gasteiger charge is -2.18. The van der Waals surface area contributed by atoms with Crippen LogP contribution in [0.15, 0.2) is 30.5 Å². The molecule has 1 amide bonds. The average Bonchev–Trinajstić information content (AvgIpc) is 2.95. The maximum atomic E-state index is 13.8. The monoisotopic (exact) mass is 333 g/mol. The highest BCUT2D eigenvalue weighted by molar-refractivity contribution is 5.94. The highest BCUT2D eigenvalue weighted by Gasteiger charge is 2.24. The molecule has 0 radical (unpaired) electrons. The van der Waals surface area contributed by atoms with Crippen molar-refractivity contribution in [2.24, 2.45) is 5.92 Å². The van der Waals surface area contributed by atoms with E-state index in [1.165, 1.54) is 17.9 Å². The quantitative estimate of drug-likeness (QED) is 0.852. The number of carbonyl (C=O) groups excluding carboxylic acids is 2. The molecule has 0 aliphatic heterocycles. The Morgan fingerprint density at radius 1 is 1.29 bits per heavy atom. The van der Waals surface area contributed by atoms with Crippen molar-refractivity contribution in [2.75, 3.05) is 7.11 Å². The number of amides is 1. The first-order chi connectivity index (χ1) is 11.3. The Bertz CT molecular complexity index is 757. The summed E-state index contributed by atoms with van der Waals surface area (Å²) < 4.78 is 19.8. The summed E-state index contributed by atoms with van der Waals surface area (Å²) >= 11 is 0. The second-order valence-electron chi connectivity index (χ2n) is 5.63. The van der Waals surface area contributed by atoms with Crippen molar-refractivity contribution in [1.29, 1.82) is 0 Å². The van der Waals surface area contributed by atoms with E-state index >= 15 is 0 Å². The molecule has 0 spiro atoms. The molecule has 0 fully saturated rings. The second-order valence-corrected chi connectivity index (χ2v) is 5.63. The number of methoxy groups -OCH3 is 1. The maximum Gasteiger partial charge on any atom is 0.310 e. The Balaban J connectivity index is 2.19. The molecular weight excluding hydrogens is 313 g/mol. The summed E-state index contributed by atoms with van der Waals surface area (Å²) in [6.07, 6.45) is 1.59. The van der Waals surface area contributed by atoms with E-state index in [0.29, 0.717) is 5.56 Å². The summed E-state index contributed by atoms with van der Waals surface area (Å²) in [4.78, 5) is 23.9. The maximum absolute atomic E-state index is 13.8. The Kier molecular flexibility index (Phi) is 5.33. The molecule has 2 aromatic rings. The predicted molar refractivity (Wildman–Crippen MR) is 86.4 cm³/mol. The minimum atomic E-state index is -0.493. The van der Waals surface area contributed by atoms with Gasteiger partial charge in [-0.05, 0) is 32.9 Å². The molecule has 0 bridgehead atoms. The molecule has 6 nitrogen and oxygen atoms in total. The fourth-order valence-electron chi connectivity index (χ4n) is 2.24. The van der Waals surface area contributed by atoms with Crippen molar-refractivity contribution >= 4 is 11.9 Å². The highest BCUT2D eigenvalue weighted by atomic mass is 19.1. The fourth-order valence-corrected chi connectivity index (χ4v) is 2.24. The van der Waals surface area contributed by atoms with Gasteiger partial charge >= 0.3 is 5.97 Å². The molecule has 0 saturated carbocycles. The van der Waals surface area contributed by atoms with Gasteiger partial charge in [-0.1, -0.05) is 12.1 Å². The van der Waals surface area contributed by atoms with Crippen LogP contribution in [0.1, 0.15) is 29.9 Å². The first-order valence-electron chi connectivity index (χ1n) is 7.55. The van der Waals surface area contributed by atoms with E-state index in [1.54, 1.807) is 45.2 Å². The van der Waals surface area contributed by atoms with Crippen molar-refractivity contribution in [3.05, 3.63) is 47.5 Å². The van der Waals surface area contributed by atoms with Gasteiger partial charge in [0.2, 0.25) is 0 Å². The van der Waals surface area contributed by atoms with Gasteiger partial charge in [-0.15, -0.1) is 0 Å². The number of aromatic nitrogens is 2. The highest BCUT2D eigenvalue weighted by Crippen LogP contribution is 2.15. The molecule has 1 aromatic heterocycles. The Morgan fingerprint density at radius 3 is 2.58 bits per heavy atom. The van der Waals surface area contributed by atoms with Gasteiger partial charge in [0.1, 0.15) is 11.5 Å². The standard InChI is InChI=1S/C17H20FN3O3/c1-10-9-21(14-8-6-5-7-13(14)18)20-15(10)16(22)19-12(3)11(2)17(23)24-4/h5-9,11-12H,1-4H3,(H,19,22). The third-order valence-electron chi connectivity index (χ3n) is 3.89. The lowest BCUT2D eigenvalue weighted by molar-refractivity contribution is -0.145. The van der Waals surface area contributed by atoms with Crippen LogP contribution in [-0.2, 0) is 9.53 Å². The summed E-state index contributed by atoms with van der Waals surface area (Å²) in [5.74, 6) is -1.75. The van der Waals surface area contributed by atoms with Crippen LogP contribution in [0.4, 0.5) is 4.39 Å². The van der Waals surface area contributed by atoms with E-state index in [9.17, 15) is 14.0 Å². The van der Waals surface area contributed by atoms with Crippen LogP contribution in [0.3, 0.4) is 0 Å². The molecular formula is C17H20FN3O3. The first-order valence-corrected chi connectivity index (χ1v) is 7.55. The van der Waals surface area contributed by atoms with Crippen molar-refractivity contribution in [2.45, 2.75) is 26.8 Å². The summed E-state index contributed by atoms with van der Waals surface area (Å²) in [6, 6.07) is 5.74. The van der Waals surface area contributed by atoms with Crippen LogP contribution < -0.4 is 5.32 Å². The number of halogens is 1. The molecule has 2 atom stereocenters. The number of esters is 1. The van der Waals surface area contributed by atoms with E-state index < -0.39 is 29.7 Å². The zero-order chi connectivity index (χ0) is 17.9. The van der Waals surface area contributed by atoms with Gasteiger partial charge < -0.3 is 10.1 Å². The number of nitrogens with one attached hydrogen (secondary N) is 1. The summed E-state index contributed by atoms with van der Waals surface area (Å²) in [7, 11) is 1.30. The second kappa shape index (κ2) is 7.25. The molecule has 7 heteroatoms. The van der Waals surface area contributed by atoms with Crippen LogP contribution in [0.2, 0.25) is 0 Å². The Morgan fingerprint density at radius 2 is 1.96 bits per heavy atom. The fraction of sp³-hybridized carbons (Fsp3) is 0.353. The molecule has 1 heterocycles. The van der Waals surface area contributed by atoms with Crippen molar-refractivity contribution in [1.82, 2.24) is 15.1 Å². The zero-order valence-corrected chi connectivity index (χ0v) is 14.0. The topological polar surface area (TPSA) is 73.2 Å². The number of para-hydroxylation sites is 1. The average molecular weight is 333 g/mol. The van der Waals surface area contributed by atoms with Crippen LogP contribution in [0.25, 0.3) is 5.69 Å². The van der Waals surface area contributed by atoms with E-state index in [4.69, 9.17) is 0 Å². The van der Waals surface area contributed by atoms with E-state index in [0.717, 1.165) is 0 Å². The summed E-state index contributed by atoms with van der Waals surface area (Å²) in [6.45, 7) is 5.10. The molecule has 1 aromatic carbocycles. The SMILES string of the molecule is COC(=O)C(C)C(C)NC(=O)c1nn(-c2ccccc2F)cc1C. The van der Waals surface area contributed by atoms with Gasteiger partial charge in [-0.25, -0.2) is 9.07 Å². The number of aryl methyl sites for hydroxylation is 1. The molecule has 128 valence electrons. The Labute approximate surface area is 139 Å². The number of benzene rings is 1. The third-order valence-corrected chi connectivity index (χ3v) is 3.89. The predicted octanol–water partition coefficient (Wildman–Crippen LogP) is 2.25. The van der Waals surface area contributed by atoms with Crippen LogP contribution in [0, 0.1) is 18.7 Å². The van der Waals surface area contributed by atoms with Crippen molar-refractivity contribution in [3.63, 3.8) is 0 Å². The lowest BCUT2D eigenvalue weighted by atomic mass is 10.0. The van der Waals surface area contributed by atoms with Gasteiger partial charge in [0, 0.05) is 17.8 Å². The van der Waals surface area contributed by atoms with Gasteiger partial charge in [0.15, 0.2) is 5.69 Å². The number of ether oxygens (including phenoxy) is 1. The van der Waals surface area contributed by atoms with Crippen molar-refractivity contribution < 1.29 is 18.7 Å². The largest absolute Gasteiger partial charge is 0.469 e. The molecule has 2 rings (SSSR count). The van der Waals surface area contributed by atoms with Gasteiger partial charge in [-0.2, -0.15) is 5.10 Å². The van der Waals surface area contributed by atoms with Crippen LogP contribution in [-0.4, -0.2) is 34.8 Å².